The summed E-state index contributed by atoms with van der Waals surface area (Å²) in [5.41, 5.74) is -2.99. The molecule has 0 bridgehead atoms. The average Bonchev–Trinajstić information content (AvgIpc) is 3.08. The Balaban J connectivity index is 0.00000134. The Bertz CT molecular complexity index is 1080. The maximum Gasteiger partial charge on any atom is 0.416 e. The minimum absolute atomic E-state index is 0.0240. The smallest absolute Gasteiger partial charge is 0.343 e. The highest BCUT2D eigenvalue weighted by Crippen LogP contribution is 2.41. The standard InChI is InChI=1S/C24H28F4N4O4.C3H8/c1-30-21(35)23(32(22(30)36)16-5-3-2-4-6-16)9-11-31(12-10-23)19(33)14-29-20(34)17-13-15(24(26,27)28)7-8-18(17)25;1-3-2/h7-8,13,16H,2-6,9-12,14H2,1H3,(H,29,34);3H2,1-2H3. The zero-order chi connectivity index (χ0) is 29.0. The molecule has 1 aromatic carbocycles. The van der Waals surface area contributed by atoms with Crippen LogP contribution in [0.3, 0.4) is 0 Å². The van der Waals surface area contributed by atoms with Gasteiger partial charge < -0.3 is 15.1 Å². The predicted octanol–water partition coefficient (Wildman–Crippen LogP) is 4.58. The first-order chi connectivity index (χ1) is 18.4. The van der Waals surface area contributed by atoms with Gasteiger partial charge in [0, 0.05) is 26.2 Å². The predicted molar refractivity (Wildman–Crippen MR) is 135 cm³/mol. The Hall–Kier alpha value is -3.18. The molecule has 3 fully saturated rings. The molecule has 0 radical (unpaired) electrons. The molecule has 0 aromatic heterocycles. The lowest BCUT2D eigenvalue weighted by molar-refractivity contribution is -0.141. The van der Waals surface area contributed by atoms with E-state index in [-0.39, 0.29) is 43.9 Å². The van der Waals surface area contributed by atoms with E-state index in [0.717, 1.165) is 37.0 Å². The monoisotopic (exact) mass is 556 g/mol. The summed E-state index contributed by atoms with van der Waals surface area (Å²) >= 11 is 0. The summed E-state index contributed by atoms with van der Waals surface area (Å²) in [7, 11) is 1.47. The average molecular weight is 557 g/mol. The van der Waals surface area contributed by atoms with Crippen molar-refractivity contribution in [1.82, 2.24) is 20.0 Å². The Kier molecular flexibility index (Phi) is 9.60. The van der Waals surface area contributed by atoms with Crippen molar-refractivity contribution in [3.63, 3.8) is 0 Å². The van der Waals surface area contributed by atoms with Gasteiger partial charge in [-0.15, -0.1) is 0 Å². The first kappa shape index (κ1) is 30.4. The molecule has 1 aliphatic carbocycles. The summed E-state index contributed by atoms with van der Waals surface area (Å²) in [5.74, 6) is -3.07. The molecule has 1 aromatic rings. The number of rotatable bonds is 4. The molecule has 5 amide bonds. The van der Waals surface area contributed by atoms with E-state index in [1.807, 2.05) is 0 Å². The van der Waals surface area contributed by atoms with Crippen LogP contribution in [-0.2, 0) is 15.8 Å². The van der Waals surface area contributed by atoms with Gasteiger partial charge in [0.15, 0.2) is 0 Å². The molecule has 3 aliphatic rings. The quantitative estimate of drug-likeness (QED) is 0.434. The molecular weight excluding hydrogens is 520 g/mol. The van der Waals surface area contributed by atoms with Gasteiger partial charge in [-0.25, -0.2) is 9.18 Å². The number of amides is 5. The molecule has 1 spiro atoms. The maximum atomic E-state index is 14.0. The van der Waals surface area contributed by atoms with Crippen molar-refractivity contribution < 1.29 is 36.7 Å². The van der Waals surface area contributed by atoms with Crippen molar-refractivity contribution in [3.8, 4) is 0 Å². The largest absolute Gasteiger partial charge is 0.416 e. The Morgan fingerprint density at radius 2 is 1.64 bits per heavy atom. The number of likely N-dealkylation sites (N-methyl/N-ethyl adjacent to an activating group) is 1. The molecule has 12 heteroatoms. The molecule has 2 aliphatic heterocycles. The molecule has 0 atom stereocenters. The van der Waals surface area contributed by atoms with Gasteiger partial charge in [-0.1, -0.05) is 39.5 Å². The number of imide groups is 1. The van der Waals surface area contributed by atoms with Gasteiger partial charge in [-0.05, 0) is 43.9 Å². The van der Waals surface area contributed by atoms with Crippen LogP contribution >= 0.6 is 0 Å². The third kappa shape index (κ3) is 6.36. The molecule has 1 N–H and O–H groups in total. The summed E-state index contributed by atoms with van der Waals surface area (Å²) in [6.07, 6.45) is 1.72. The lowest BCUT2D eigenvalue weighted by Crippen LogP contribution is -2.60. The van der Waals surface area contributed by atoms with Gasteiger partial charge in [0.1, 0.15) is 11.4 Å². The van der Waals surface area contributed by atoms with Gasteiger partial charge >= 0.3 is 12.2 Å². The summed E-state index contributed by atoms with van der Waals surface area (Å²) in [6.45, 7) is 4.05. The highest BCUT2D eigenvalue weighted by atomic mass is 19.4. The number of carbonyl (C=O) groups excluding carboxylic acids is 4. The van der Waals surface area contributed by atoms with Crippen LogP contribution in [0, 0.1) is 5.82 Å². The zero-order valence-electron chi connectivity index (χ0n) is 22.6. The first-order valence-electron chi connectivity index (χ1n) is 13.4. The minimum Gasteiger partial charge on any atom is -0.343 e. The number of urea groups is 1. The number of nitrogens with one attached hydrogen (secondary N) is 1. The van der Waals surface area contributed by atoms with Crippen molar-refractivity contribution in [3.05, 3.63) is 35.1 Å². The van der Waals surface area contributed by atoms with E-state index in [2.05, 4.69) is 19.2 Å². The molecule has 0 unspecified atom stereocenters. The van der Waals surface area contributed by atoms with Crippen LogP contribution in [0.1, 0.15) is 81.1 Å². The van der Waals surface area contributed by atoms with Crippen LogP contribution in [-0.4, -0.2) is 76.7 Å². The van der Waals surface area contributed by atoms with Crippen molar-refractivity contribution in [1.29, 1.82) is 0 Å². The second kappa shape index (κ2) is 12.3. The summed E-state index contributed by atoms with van der Waals surface area (Å²) in [6, 6.07) is 1.15. The van der Waals surface area contributed by atoms with E-state index in [4.69, 9.17) is 0 Å². The number of nitrogens with zero attached hydrogens (tertiary/aromatic N) is 3. The summed E-state index contributed by atoms with van der Waals surface area (Å²) < 4.78 is 52.7. The molecule has 39 heavy (non-hydrogen) atoms. The van der Waals surface area contributed by atoms with Gasteiger partial charge in [0.2, 0.25) is 5.91 Å². The van der Waals surface area contributed by atoms with Crippen LogP contribution < -0.4 is 5.32 Å². The fourth-order valence-corrected chi connectivity index (χ4v) is 5.51. The second-order valence-corrected chi connectivity index (χ2v) is 10.3. The molecule has 4 rings (SSSR count). The number of hydrogen-bond acceptors (Lipinski definition) is 4. The number of hydrogen-bond donors (Lipinski definition) is 1. The molecule has 8 nitrogen and oxygen atoms in total. The van der Waals surface area contributed by atoms with Gasteiger partial charge in [-0.3, -0.25) is 19.3 Å². The molecule has 2 saturated heterocycles. The van der Waals surface area contributed by atoms with Crippen molar-refractivity contribution in [2.75, 3.05) is 26.7 Å². The highest BCUT2D eigenvalue weighted by molar-refractivity contribution is 6.07. The van der Waals surface area contributed by atoms with Crippen LogP contribution in [0.2, 0.25) is 0 Å². The Labute approximate surface area is 225 Å². The minimum atomic E-state index is -4.75. The number of carbonyl (C=O) groups is 4. The number of halogens is 4. The van der Waals surface area contributed by atoms with E-state index in [1.165, 1.54) is 18.4 Å². The fraction of sp³-hybridized carbons (Fsp3) is 0.630. The zero-order valence-corrected chi connectivity index (χ0v) is 22.6. The van der Waals surface area contributed by atoms with Crippen molar-refractivity contribution in [2.45, 2.75) is 83.0 Å². The van der Waals surface area contributed by atoms with Crippen LogP contribution in [0.4, 0.5) is 22.4 Å². The fourth-order valence-electron chi connectivity index (χ4n) is 5.51. The van der Waals surface area contributed by atoms with E-state index in [0.29, 0.717) is 18.2 Å². The van der Waals surface area contributed by atoms with Crippen LogP contribution in [0.25, 0.3) is 0 Å². The molecule has 2 heterocycles. The van der Waals surface area contributed by atoms with E-state index in [1.54, 1.807) is 4.90 Å². The SMILES string of the molecule is CCC.CN1C(=O)N(C2CCCCC2)C2(CCN(C(=O)CNC(=O)c3cc(C(F)(F)F)ccc3F)CC2)C1=O. The number of alkyl halides is 3. The normalized spacial score (nSPS) is 19.7. The third-order valence-electron chi connectivity index (χ3n) is 7.48. The van der Waals surface area contributed by atoms with E-state index in [9.17, 15) is 36.7 Å². The van der Waals surface area contributed by atoms with Crippen LogP contribution in [0.15, 0.2) is 18.2 Å². The molecular formula is C27H36F4N4O4. The van der Waals surface area contributed by atoms with Gasteiger partial charge in [0.05, 0.1) is 17.7 Å². The maximum absolute atomic E-state index is 14.0. The number of piperidine rings is 1. The third-order valence-corrected chi connectivity index (χ3v) is 7.48. The number of benzene rings is 1. The van der Waals surface area contributed by atoms with Crippen LogP contribution in [0.5, 0.6) is 0 Å². The van der Waals surface area contributed by atoms with E-state index >= 15 is 0 Å². The first-order valence-corrected chi connectivity index (χ1v) is 13.4. The topological polar surface area (TPSA) is 90.0 Å². The lowest BCUT2D eigenvalue weighted by Gasteiger charge is -2.46. The summed E-state index contributed by atoms with van der Waals surface area (Å²) in [5, 5.41) is 2.18. The van der Waals surface area contributed by atoms with Crippen molar-refractivity contribution in [2.24, 2.45) is 0 Å². The van der Waals surface area contributed by atoms with E-state index < -0.39 is 47.0 Å². The van der Waals surface area contributed by atoms with Gasteiger partial charge in [-0.2, -0.15) is 13.2 Å². The Morgan fingerprint density at radius 1 is 1.05 bits per heavy atom. The Morgan fingerprint density at radius 3 is 2.21 bits per heavy atom. The van der Waals surface area contributed by atoms with Crippen molar-refractivity contribution >= 4 is 23.8 Å². The van der Waals surface area contributed by atoms with Gasteiger partial charge in [0.25, 0.3) is 11.8 Å². The number of likely N-dealkylation sites (tertiary alicyclic amines) is 1. The highest BCUT2D eigenvalue weighted by Gasteiger charge is 2.59. The lowest BCUT2D eigenvalue weighted by atomic mass is 9.82. The second-order valence-electron chi connectivity index (χ2n) is 10.3. The molecule has 216 valence electrons. The molecule has 1 saturated carbocycles. The summed E-state index contributed by atoms with van der Waals surface area (Å²) in [4.78, 5) is 55.3.